The molecule has 2 heterocycles. The van der Waals surface area contributed by atoms with Crippen LogP contribution < -0.4 is 10.6 Å². The Morgan fingerprint density at radius 2 is 2.00 bits per heavy atom. The maximum Gasteiger partial charge on any atom is 0.321 e. The molecule has 2 N–H and O–H groups in total. The normalized spacial score (nSPS) is 17.2. The van der Waals surface area contributed by atoms with Crippen LogP contribution in [0.5, 0.6) is 0 Å². The van der Waals surface area contributed by atoms with E-state index in [1.807, 2.05) is 0 Å². The molecule has 3 rings (SSSR count). The summed E-state index contributed by atoms with van der Waals surface area (Å²) in [5, 5.41) is 5.43. The number of carbonyl (C=O) groups is 2. The second-order valence-electron chi connectivity index (χ2n) is 6.09. The molecule has 0 radical (unpaired) electrons. The van der Waals surface area contributed by atoms with Crippen LogP contribution >= 0.6 is 0 Å². The zero-order valence-corrected chi connectivity index (χ0v) is 14.0. The van der Waals surface area contributed by atoms with Crippen LogP contribution in [-0.4, -0.2) is 41.5 Å². The van der Waals surface area contributed by atoms with Gasteiger partial charge in [-0.3, -0.25) is 4.79 Å². The minimum atomic E-state index is -0.369. The number of anilines is 1. The smallest absolute Gasteiger partial charge is 0.321 e. The number of halogens is 1. The number of hydrogen-bond acceptors (Lipinski definition) is 2. The third kappa shape index (κ3) is 3.81. The van der Waals surface area contributed by atoms with Gasteiger partial charge in [0.05, 0.1) is 11.6 Å². The van der Waals surface area contributed by atoms with Gasteiger partial charge in [0.15, 0.2) is 0 Å². The minimum Gasteiger partial charge on any atom is -0.359 e. The molecule has 1 aliphatic heterocycles. The van der Waals surface area contributed by atoms with Crippen LogP contribution in [0.4, 0.5) is 14.9 Å². The first kappa shape index (κ1) is 17.0. The number of urea groups is 1. The summed E-state index contributed by atoms with van der Waals surface area (Å²) < 4.78 is 15.7. The highest BCUT2D eigenvalue weighted by Crippen LogP contribution is 2.21. The average molecular weight is 344 g/mol. The highest BCUT2D eigenvalue weighted by atomic mass is 19.1. The molecule has 3 amide bonds. The third-order valence-corrected chi connectivity index (χ3v) is 4.41. The molecule has 1 aliphatic rings. The molecule has 2 aromatic rings. The van der Waals surface area contributed by atoms with Crippen LogP contribution in [0.2, 0.25) is 0 Å². The Balaban J connectivity index is 1.71. The van der Waals surface area contributed by atoms with E-state index in [0.717, 1.165) is 12.8 Å². The number of hydrogen-bond donors (Lipinski definition) is 2. The highest BCUT2D eigenvalue weighted by Gasteiger charge is 2.27. The minimum absolute atomic E-state index is 0.0471. The van der Waals surface area contributed by atoms with E-state index < -0.39 is 0 Å². The number of piperidine rings is 1. The van der Waals surface area contributed by atoms with Gasteiger partial charge in [0.25, 0.3) is 0 Å². The quantitative estimate of drug-likeness (QED) is 0.899. The molecular weight excluding hydrogens is 323 g/mol. The molecule has 0 unspecified atom stereocenters. The number of nitrogens with zero attached hydrogens (tertiary/aromatic N) is 2. The number of carbonyl (C=O) groups excluding carboxylic acids is 2. The molecule has 25 heavy (non-hydrogen) atoms. The van der Waals surface area contributed by atoms with Gasteiger partial charge in [-0.1, -0.05) is 0 Å². The molecule has 1 saturated heterocycles. The van der Waals surface area contributed by atoms with Crippen LogP contribution in [0.25, 0.3) is 5.69 Å². The van der Waals surface area contributed by atoms with Crippen molar-refractivity contribution in [1.29, 1.82) is 0 Å². The van der Waals surface area contributed by atoms with Gasteiger partial charge in [0, 0.05) is 38.2 Å². The van der Waals surface area contributed by atoms with Crippen LogP contribution in [0.1, 0.15) is 12.8 Å². The number of likely N-dealkylation sites (tertiary alicyclic amines) is 1. The Bertz CT molecular complexity index is 760. The van der Waals surface area contributed by atoms with Crippen molar-refractivity contribution in [2.24, 2.45) is 5.92 Å². The monoisotopic (exact) mass is 344 g/mol. The lowest BCUT2D eigenvalue weighted by molar-refractivity contribution is -0.125. The maximum atomic E-state index is 14.0. The molecule has 6 nitrogen and oxygen atoms in total. The van der Waals surface area contributed by atoms with Crippen molar-refractivity contribution < 1.29 is 14.0 Å². The Morgan fingerprint density at radius 3 is 2.72 bits per heavy atom. The Kier molecular flexibility index (Phi) is 5.02. The zero-order valence-electron chi connectivity index (χ0n) is 14.0. The van der Waals surface area contributed by atoms with E-state index in [1.165, 1.54) is 12.1 Å². The van der Waals surface area contributed by atoms with Crippen molar-refractivity contribution in [2.45, 2.75) is 12.8 Å². The van der Waals surface area contributed by atoms with Crippen molar-refractivity contribution >= 4 is 17.6 Å². The van der Waals surface area contributed by atoms with Gasteiger partial charge in [0.2, 0.25) is 5.91 Å². The molecule has 1 aromatic heterocycles. The lowest BCUT2D eigenvalue weighted by Crippen LogP contribution is -2.46. The first-order valence-electron chi connectivity index (χ1n) is 8.29. The van der Waals surface area contributed by atoms with Crippen LogP contribution in [0.15, 0.2) is 42.7 Å². The number of amides is 3. The van der Waals surface area contributed by atoms with Crippen molar-refractivity contribution in [2.75, 3.05) is 25.5 Å². The molecule has 1 aromatic carbocycles. The SMILES string of the molecule is CNC(=O)[C@H]1CCCN(C(=O)Nc2ccc(F)c(-n3cccc3)c2)C1. The van der Waals surface area contributed by atoms with Crippen molar-refractivity contribution in [3.63, 3.8) is 0 Å². The predicted molar refractivity (Wildman–Crippen MR) is 93.1 cm³/mol. The van der Waals surface area contributed by atoms with Gasteiger partial charge < -0.3 is 20.1 Å². The number of rotatable bonds is 3. The fourth-order valence-corrected chi connectivity index (χ4v) is 3.07. The van der Waals surface area contributed by atoms with Crippen LogP contribution in [-0.2, 0) is 4.79 Å². The summed E-state index contributed by atoms with van der Waals surface area (Å²) in [5.41, 5.74) is 0.877. The summed E-state index contributed by atoms with van der Waals surface area (Å²) in [6, 6.07) is 7.77. The van der Waals surface area contributed by atoms with Gasteiger partial charge >= 0.3 is 6.03 Å². The van der Waals surface area contributed by atoms with Crippen LogP contribution in [0, 0.1) is 11.7 Å². The Morgan fingerprint density at radius 1 is 1.24 bits per heavy atom. The lowest BCUT2D eigenvalue weighted by atomic mass is 9.97. The largest absolute Gasteiger partial charge is 0.359 e. The summed E-state index contributed by atoms with van der Waals surface area (Å²) in [6.07, 6.45) is 5.03. The zero-order chi connectivity index (χ0) is 17.8. The first-order chi connectivity index (χ1) is 12.1. The highest BCUT2D eigenvalue weighted by molar-refractivity contribution is 5.90. The first-order valence-corrected chi connectivity index (χ1v) is 8.29. The van der Waals surface area contributed by atoms with Gasteiger partial charge in [-0.15, -0.1) is 0 Å². The molecule has 1 fully saturated rings. The van der Waals surface area contributed by atoms with E-state index in [1.54, 1.807) is 47.1 Å². The van der Waals surface area contributed by atoms with Crippen molar-refractivity contribution in [3.05, 3.63) is 48.5 Å². The molecule has 0 spiro atoms. The molecular formula is C18H21FN4O2. The van der Waals surface area contributed by atoms with Crippen LogP contribution in [0.3, 0.4) is 0 Å². The van der Waals surface area contributed by atoms with Crippen molar-refractivity contribution in [3.8, 4) is 5.69 Å². The summed E-state index contributed by atoms with van der Waals surface area (Å²) in [7, 11) is 1.60. The van der Waals surface area contributed by atoms with E-state index in [-0.39, 0.29) is 23.7 Å². The van der Waals surface area contributed by atoms with Gasteiger partial charge in [-0.25, -0.2) is 9.18 Å². The number of benzene rings is 1. The molecule has 0 bridgehead atoms. The second-order valence-corrected chi connectivity index (χ2v) is 6.09. The van der Waals surface area contributed by atoms with E-state index in [9.17, 15) is 14.0 Å². The molecule has 0 saturated carbocycles. The number of nitrogens with one attached hydrogen (secondary N) is 2. The molecule has 1 atom stereocenters. The van der Waals surface area contributed by atoms with E-state index in [2.05, 4.69) is 10.6 Å². The molecule has 7 heteroatoms. The Hall–Kier alpha value is -2.83. The van der Waals surface area contributed by atoms with E-state index >= 15 is 0 Å². The maximum absolute atomic E-state index is 14.0. The summed E-state index contributed by atoms with van der Waals surface area (Å²) in [6.45, 7) is 0.988. The van der Waals surface area contributed by atoms with Gasteiger partial charge in [-0.05, 0) is 43.2 Å². The predicted octanol–water partition coefficient (Wildman–Crippen LogP) is 2.61. The lowest BCUT2D eigenvalue weighted by Gasteiger charge is -2.31. The summed E-state index contributed by atoms with van der Waals surface area (Å²) >= 11 is 0. The van der Waals surface area contributed by atoms with E-state index in [4.69, 9.17) is 0 Å². The van der Waals surface area contributed by atoms with Crippen molar-refractivity contribution in [1.82, 2.24) is 14.8 Å². The standard InChI is InChI=1S/C18H21FN4O2/c1-20-17(24)13-5-4-10-23(12-13)18(25)21-14-6-7-15(19)16(11-14)22-8-2-3-9-22/h2-3,6-9,11,13H,4-5,10,12H2,1H3,(H,20,24)(H,21,25)/t13-/m0/s1. The van der Waals surface area contributed by atoms with Gasteiger partial charge in [0.1, 0.15) is 5.82 Å². The fraction of sp³-hybridized carbons (Fsp3) is 0.333. The molecule has 0 aliphatic carbocycles. The third-order valence-electron chi connectivity index (χ3n) is 4.41. The molecule has 132 valence electrons. The topological polar surface area (TPSA) is 66.4 Å². The van der Waals surface area contributed by atoms with Gasteiger partial charge in [-0.2, -0.15) is 0 Å². The average Bonchev–Trinajstić information content (AvgIpc) is 3.17. The number of aromatic nitrogens is 1. The fourth-order valence-electron chi connectivity index (χ4n) is 3.07. The Labute approximate surface area is 145 Å². The van der Waals surface area contributed by atoms with E-state index in [0.29, 0.717) is 24.5 Å². The summed E-state index contributed by atoms with van der Waals surface area (Å²) in [4.78, 5) is 25.9. The second kappa shape index (κ2) is 7.38. The summed E-state index contributed by atoms with van der Waals surface area (Å²) in [5.74, 6) is -0.603.